The van der Waals surface area contributed by atoms with Crippen molar-refractivity contribution < 1.29 is 9.84 Å². The number of hydrogen-bond acceptors (Lipinski definition) is 2. The number of aliphatic hydroxyl groups excluding tert-OH is 1. The lowest BCUT2D eigenvalue weighted by Crippen LogP contribution is -2.44. The monoisotopic (exact) mass is 154 g/mol. The summed E-state index contributed by atoms with van der Waals surface area (Å²) in [5.74, 6) is 0.500. The summed E-state index contributed by atoms with van der Waals surface area (Å²) in [5, 5.41) is 9.71. The quantitative estimate of drug-likeness (QED) is 0.526. The lowest BCUT2D eigenvalue weighted by atomic mass is 9.86. The second kappa shape index (κ2) is 2.32. The molecule has 1 fully saturated rings. The highest BCUT2D eigenvalue weighted by atomic mass is 16.5. The van der Waals surface area contributed by atoms with E-state index in [0.29, 0.717) is 0 Å². The highest BCUT2D eigenvalue weighted by Crippen LogP contribution is 2.35. The third-order valence-electron chi connectivity index (χ3n) is 2.92. The van der Waals surface area contributed by atoms with Crippen LogP contribution in [-0.2, 0) is 4.74 Å². The summed E-state index contributed by atoms with van der Waals surface area (Å²) in [6.45, 7) is 4.08. The topological polar surface area (TPSA) is 29.5 Å². The first kappa shape index (κ1) is 7.32. The number of hydrogen-bond donors (Lipinski definition) is 1. The molecule has 2 heteroatoms. The van der Waals surface area contributed by atoms with Gasteiger partial charge in [0.1, 0.15) is 0 Å². The second-order valence-corrected chi connectivity index (χ2v) is 3.66. The SMILES string of the molecule is C[C@@H]1C(O)[C@@H](C)[C@H]2C=C[C@@H]1O2. The Morgan fingerprint density at radius 3 is 2.00 bits per heavy atom. The van der Waals surface area contributed by atoms with Crippen molar-refractivity contribution >= 4 is 0 Å². The van der Waals surface area contributed by atoms with E-state index in [1.54, 1.807) is 0 Å². The molecule has 5 atom stereocenters. The predicted octanol–water partition coefficient (Wildman–Crippen LogP) is 0.957. The van der Waals surface area contributed by atoms with Gasteiger partial charge in [0, 0.05) is 11.8 Å². The van der Waals surface area contributed by atoms with E-state index in [1.165, 1.54) is 0 Å². The predicted molar refractivity (Wildman–Crippen MR) is 42.1 cm³/mol. The minimum absolute atomic E-state index is 0.159. The number of rotatable bonds is 0. The Hall–Kier alpha value is -0.340. The maximum Gasteiger partial charge on any atom is 0.0815 e. The molecule has 0 amide bonds. The van der Waals surface area contributed by atoms with Gasteiger partial charge >= 0.3 is 0 Å². The van der Waals surface area contributed by atoms with Gasteiger partial charge < -0.3 is 9.84 Å². The van der Waals surface area contributed by atoms with E-state index in [9.17, 15) is 5.11 Å². The third kappa shape index (κ3) is 0.932. The standard InChI is InChI=1S/C9H14O2/c1-5-7-3-4-8(11-7)6(2)9(5)10/h3-10H,1-2H3/t5-,6-,7-,8+,9?/m0/s1. The fourth-order valence-corrected chi connectivity index (χ4v) is 1.96. The first-order chi connectivity index (χ1) is 5.20. The van der Waals surface area contributed by atoms with Crippen molar-refractivity contribution in [1.29, 1.82) is 0 Å². The van der Waals surface area contributed by atoms with Crippen LogP contribution >= 0.6 is 0 Å². The molecule has 0 aromatic heterocycles. The zero-order valence-electron chi connectivity index (χ0n) is 6.90. The van der Waals surface area contributed by atoms with E-state index >= 15 is 0 Å². The number of aliphatic hydroxyl groups is 1. The Kier molecular flexibility index (Phi) is 1.55. The molecule has 1 N–H and O–H groups in total. The van der Waals surface area contributed by atoms with Gasteiger partial charge in [-0.25, -0.2) is 0 Å². The minimum Gasteiger partial charge on any atom is -0.392 e. The zero-order chi connectivity index (χ0) is 8.01. The van der Waals surface area contributed by atoms with Crippen molar-refractivity contribution in [3.63, 3.8) is 0 Å². The van der Waals surface area contributed by atoms with Crippen molar-refractivity contribution in [3.8, 4) is 0 Å². The fraction of sp³-hybridized carbons (Fsp3) is 0.778. The van der Waals surface area contributed by atoms with Crippen LogP contribution in [0.25, 0.3) is 0 Å². The van der Waals surface area contributed by atoms with Gasteiger partial charge in [0.05, 0.1) is 18.3 Å². The highest BCUT2D eigenvalue weighted by Gasteiger charge is 2.41. The maximum absolute atomic E-state index is 9.71. The molecule has 2 nitrogen and oxygen atoms in total. The van der Waals surface area contributed by atoms with Crippen molar-refractivity contribution in [2.45, 2.75) is 32.2 Å². The molecule has 2 aliphatic heterocycles. The molecule has 0 spiro atoms. The Labute approximate surface area is 66.9 Å². The van der Waals surface area contributed by atoms with Crippen molar-refractivity contribution in [3.05, 3.63) is 12.2 Å². The largest absolute Gasteiger partial charge is 0.392 e. The van der Waals surface area contributed by atoms with Gasteiger partial charge in [-0.1, -0.05) is 26.0 Å². The summed E-state index contributed by atoms with van der Waals surface area (Å²) in [5.41, 5.74) is 0. The Balaban J connectivity index is 2.22. The first-order valence-electron chi connectivity index (χ1n) is 4.22. The molecule has 1 saturated heterocycles. The molecule has 62 valence electrons. The molecule has 2 aliphatic rings. The maximum atomic E-state index is 9.71. The van der Waals surface area contributed by atoms with Crippen LogP contribution in [0.5, 0.6) is 0 Å². The second-order valence-electron chi connectivity index (χ2n) is 3.66. The van der Waals surface area contributed by atoms with Crippen molar-refractivity contribution in [2.75, 3.05) is 0 Å². The third-order valence-corrected chi connectivity index (χ3v) is 2.92. The molecule has 2 bridgehead atoms. The molecular weight excluding hydrogens is 140 g/mol. The Bertz CT molecular complexity index is 170. The van der Waals surface area contributed by atoms with Crippen LogP contribution in [0.2, 0.25) is 0 Å². The van der Waals surface area contributed by atoms with Gasteiger partial charge in [-0.3, -0.25) is 0 Å². The Morgan fingerprint density at radius 2 is 1.55 bits per heavy atom. The zero-order valence-corrected chi connectivity index (χ0v) is 6.90. The van der Waals surface area contributed by atoms with Gasteiger partial charge in [-0.2, -0.15) is 0 Å². The molecule has 1 unspecified atom stereocenters. The molecular formula is C9H14O2. The Morgan fingerprint density at radius 1 is 1.09 bits per heavy atom. The summed E-state index contributed by atoms with van der Waals surface area (Å²) in [7, 11) is 0. The van der Waals surface area contributed by atoms with Crippen LogP contribution in [0.4, 0.5) is 0 Å². The van der Waals surface area contributed by atoms with E-state index in [4.69, 9.17) is 4.74 Å². The minimum atomic E-state index is -0.200. The van der Waals surface area contributed by atoms with E-state index in [2.05, 4.69) is 12.2 Å². The molecule has 2 heterocycles. The van der Waals surface area contributed by atoms with E-state index in [1.807, 2.05) is 13.8 Å². The fourth-order valence-electron chi connectivity index (χ4n) is 1.96. The summed E-state index contributed by atoms with van der Waals surface area (Å²) < 4.78 is 5.62. The molecule has 0 aromatic rings. The van der Waals surface area contributed by atoms with Crippen molar-refractivity contribution in [2.24, 2.45) is 11.8 Å². The lowest BCUT2D eigenvalue weighted by molar-refractivity contribution is -0.116. The molecule has 0 aromatic carbocycles. The molecule has 2 rings (SSSR count). The summed E-state index contributed by atoms with van der Waals surface area (Å²) >= 11 is 0. The van der Waals surface area contributed by atoms with Crippen molar-refractivity contribution in [1.82, 2.24) is 0 Å². The summed E-state index contributed by atoms with van der Waals surface area (Å²) in [4.78, 5) is 0. The highest BCUT2D eigenvalue weighted by molar-refractivity contribution is 5.11. The average molecular weight is 154 g/mol. The van der Waals surface area contributed by atoms with E-state index in [-0.39, 0.29) is 30.1 Å². The van der Waals surface area contributed by atoms with Gasteiger partial charge in [-0.15, -0.1) is 0 Å². The van der Waals surface area contributed by atoms with Crippen LogP contribution in [0.15, 0.2) is 12.2 Å². The van der Waals surface area contributed by atoms with Gasteiger partial charge in [0.2, 0.25) is 0 Å². The van der Waals surface area contributed by atoms with Crippen LogP contribution in [0.1, 0.15) is 13.8 Å². The van der Waals surface area contributed by atoms with Gasteiger partial charge in [0.15, 0.2) is 0 Å². The molecule has 0 aliphatic carbocycles. The lowest BCUT2D eigenvalue weighted by Gasteiger charge is -2.36. The van der Waals surface area contributed by atoms with Crippen LogP contribution in [0.3, 0.4) is 0 Å². The number of fused-ring (bicyclic) bond motifs is 2. The first-order valence-corrected chi connectivity index (χ1v) is 4.22. The summed E-state index contributed by atoms with van der Waals surface area (Å²) in [6.07, 6.45) is 4.26. The van der Waals surface area contributed by atoms with Crippen LogP contribution < -0.4 is 0 Å². The summed E-state index contributed by atoms with van der Waals surface area (Å²) in [6, 6.07) is 0. The molecule has 0 radical (unpaired) electrons. The smallest absolute Gasteiger partial charge is 0.0815 e. The van der Waals surface area contributed by atoms with Crippen LogP contribution in [-0.4, -0.2) is 23.4 Å². The molecule has 0 saturated carbocycles. The normalized spacial score (nSPS) is 55.0. The van der Waals surface area contributed by atoms with E-state index < -0.39 is 0 Å². The number of ether oxygens (including phenoxy) is 1. The van der Waals surface area contributed by atoms with Gasteiger partial charge in [-0.05, 0) is 0 Å². The molecule has 11 heavy (non-hydrogen) atoms. The average Bonchev–Trinajstić information content (AvgIpc) is 2.44. The van der Waals surface area contributed by atoms with E-state index in [0.717, 1.165) is 0 Å². The van der Waals surface area contributed by atoms with Gasteiger partial charge in [0.25, 0.3) is 0 Å². The van der Waals surface area contributed by atoms with Crippen LogP contribution in [0, 0.1) is 11.8 Å².